The lowest BCUT2D eigenvalue weighted by Crippen LogP contribution is -2.53. The number of nitrogens with one attached hydrogen (secondary N) is 1. The molecule has 0 saturated carbocycles. The van der Waals surface area contributed by atoms with E-state index in [-0.39, 0.29) is 18.3 Å². The van der Waals surface area contributed by atoms with Crippen LogP contribution in [0.5, 0.6) is 5.75 Å². The van der Waals surface area contributed by atoms with Crippen LogP contribution in [0.3, 0.4) is 0 Å². The van der Waals surface area contributed by atoms with Gasteiger partial charge in [0, 0.05) is 38.3 Å². The lowest BCUT2D eigenvalue weighted by molar-refractivity contribution is -0.132. The summed E-state index contributed by atoms with van der Waals surface area (Å²) in [6.07, 6.45) is 0. The fourth-order valence-corrected chi connectivity index (χ4v) is 3.67. The molecule has 2 aromatic carbocycles. The number of carbonyl (C=O) groups excluding carboxylic acids is 1. The van der Waals surface area contributed by atoms with Gasteiger partial charge in [-0.1, -0.05) is 12.1 Å². The molecule has 4 rings (SSSR count). The number of ether oxygens (including phenoxy) is 1. The molecule has 0 unspecified atom stereocenters. The average molecular weight is 387 g/mol. The molecule has 148 valence electrons. The second-order valence-electron chi connectivity index (χ2n) is 7.64. The van der Waals surface area contributed by atoms with Crippen molar-refractivity contribution in [3.05, 3.63) is 53.6 Å². The van der Waals surface area contributed by atoms with Crippen molar-refractivity contribution in [1.29, 1.82) is 0 Å². The first-order chi connectivity index (χ1) is 13.3. The number of benzene rings is 2. The van der Waals surface area contributed by atoms with Crippen LogP contribution in [0.4, 0.5) is 20.2 Å². The number of piperazine rings is 1. The van der Waals surface area contributed by atoms with Gasteiger partial charge >= 0.3 is 0 Å². The largest absolute Gasteiger partial charge is 0.474 e. The maximum Gasteiger partial charge on any atom is 0.271 e. The molecule has 2 heterocycles. The zero-order valence-corrected chi connectivity index (χ0v) is 16.0. The summed E-state index contributed by atoms with van der Waals surface area (Å²) < 4.78 is 33.8. The van der Waals surface area contributed by atoms with Gasteiger partial charge in [0.05, 0.1) is 17.9 Å². The quantitative estimate of drug-likeness (QED) is 0.879. The topological polar surface area (TPSA) is 44.8 Å². The van der Waals surface area contributed by atoms with Gasteiger partial charge in [0.2, 0.25) is 0 Å². The number of anilines is 2. The van der Waals surface area contributed by atoms with Crippen LogP contribution >= 0.6 is 0 Å². The number of rotatable bonds is 3. The number of amides is 1. The molecule has 0 bridgehead atoms. The Bertz CT molecular complexity index is 893. The SMILES string of the molecule is CC1(C)Oc2c(N3CCNCC3)cc(F)cc2N(Cc2ccc(F)cc2)C1=O. The van der Waals surface area contributed by atoms with Gasteiger partial charge in [0.1, 0.15) is 11.6 Å². The highest BCUT2D eigenvalue weighted by Crippen LogP contribution is 2.45. The second kappa shape index (κ2) is 7.05. The first-order valence-corrected chi connectivity index (χ1v) is 9.40. The summed E-state index contributed by atoms with van der Waals surface area (Å²) in [4.78, 5) is 16.7. The number of carbonyl (C=O) groups is 1. The third-order valence-corrected chi connectivity index (χ3v) is 5.13. The van der Waals surface area contributed by atoms with Crippen LogP contribution in [-0.2, 0) is 11.3 Å². The molecule has 1 saturated heterocycles. The maximum absolute atomic E-state index is 14.5. The van der Waals surface area contributed by atoms with Crippen LogP contribution in [0.15, 0.2) is 36.4 Å². The predicted molar refractivity (Wildman–Crippen MR) is 104 cm³/mol. The lowest BCUT2D eigenvalue weighted by atomic mass is 10.0. The Kier molecular flexibility index (Phi) is 4.71. The van der Waals surface area contributed by atoms with Crippen molar-refractivity contribution in [1.82, 2.24) is 5.32 Å². The van der Waals surface area contributed by atoms with E-state index in [1.807, 2.05) is 0 Å². The Balaban J connectivity index is 1.79. The van der Waals surface area contributed by atoms with E-state index in [0.717, 1.165) is 31.7 Å². The average Bonchev–Trinajstić information content (AvgIpc) is 2.68. The van der Waals surface area contributed by atoms with Crippen molar-refractivity contribution in [2.45, 2.75) is 26.0 Å². The van der Waals surface area contributed by atoms with Gasteiger partial charge < -0.3 is 19.9 Å². The molecule has 0 radical (unpaired) electrons. The first-order valence-electron chi connectivity index (χ1n) is 9.40. The molecule has 1 N–H and O–H groups in total. The van der Waals surface area contributed by atoms with Gasteiger partial charge in [-0.25, -0.2) is 8.78 Å². The van der Waals surface area contributed by atoms with Crippen LogP contribution in [0, 0.1) is 11.6 Å². The molecular weight excluding hydrogens is 364 g/mol. The van der Waals surface area contributed by atoms with E-state index in [1.165, 1.54) is 29.2 Å². The molecule has 5 nitrogen and oxygen atoms in total. The van der Waals surface area contributed by atoms with E-state index < -0.39 is 11.4 Å². The van der Waals surface area contributed by atoms with Crippen LogP contribution < -0.4 is 19.9 Å². The zero-order chi connectivity index (χ0) is 19.9. The fourth-order valence-electron chi connectivity index (χ4n) is 3.67. The molecule has 0 spiro atoms. The van der Waals surface area contributed by atoms with E-state index in [2.05, 4.69) is 10.2 Å². The summed E-state index contributed by atoms with van der Waals surface area (Å²) in [5.41, 5.74) is 0.725. The molecule has 28 heavy (non-hydrogen) atoms. The van der Waals surface area contributed by atoms with Crippen molar-refractivity contribution in [3.8, 4) is 5.75 Å². The normalized spacial score (nSPS) is 18.6. The van der Waals surface area contributed by atoms with E-state index >= 15 is 0 Å². The molecule has 7 heteroatoms. The molecule has 0 aliphatic carbocycles. The Labute approximate surface area is 162 Å². The molecule has 2 aliphatic rings. The summed E-state index contributed by atoms with van der Waals surface area (Å²) in [5.74, 6) is -0.520. The molecule has 2 aromatic rings. The van der Waals surface area contributed by atoms with E-state index in [0.29, 0.717) is 17.1 Å². The summed E-state index contributed by atoms with van der Waals surface area (Å²) in [6.45, 7) is 6.68. The minimum absolute atomic E-state index is 0.212. The van der Waals surface area contributed by atoms with Crippen LogP contribution in [-0.4, -0.2) is 37.7 Å². The standard InChI is InChI=1S/C21H23F2N3O2/c1-21(2)20(27)26(13-14-3-5-15(22)6-4-14)18-12-16(23)11-17(19(18)28-21)25-9-7-24-8-10-25/h3-6,11-12,24H,7-10,13H2,1-2H3. The highest BCUT2D eigenvalue weighted by atomic mass is 19.1. The molecule has 0 aromatic heterocycles. The van der Waals surface area contributed by atoms with Gasteiger partial charge in [-0.3, -0.25) is 4.79 Å². The smallest absolute Gasteiger partial charge is 0.271 e. The molecule has 1 fully saturated rings. The number of nitrogens with zero attached hydrogens (tertiary/aromatic N) is 2. The summed E-state index contributed by atoms with van der Waals surface area (Å²) >= 11 is 0. The molecular formula is C21H23F2N3O2. The number of halogens is 2. The minimum Gasteiger partial charge on any atom is -0.474 e. The van der Waals surface area contributed by atoms with E-state index in [9.17, 15) is 13.6 Å². The maximum atomic E-state index is 14.5. The van der Waals surface area contributed by atoms with Gasteiger partial charge in [-0.15, -0.1) is 0 Å². The van der Waals surface area contributed by atoms with Crippen molar-refractivity contribution >= 4 is 17.3 Å². The Hall–Kier alpha value is -2.67. The van der Waals surface area contributed by atoms with Crippen molar-refractivity contribution < 1.29 is 18.3 Å². The highest BCUT2D eigenvalue weighted by molar-refractivity contribution is 6.03. The lowest BCUT2D eigenvalue weighted by Gasteiger charge is -2.41. The zero-order valence-electron chi connectivity index (χ0n) is 16.0. The fraction of sp³-hybridized carbons (Fsp3) is 0.381. The summed E-state index contributed by atoms with van der Waals surface area (Å²) in [6, 6.07) is 8.75. The van der Waals surface area contributed by atoms with Crippen LogP contribution in [0.25, 0.3) is 0 Å². The van der Waals surface area contributed by atoms with Crippen LogP contribution in [0.2, 0.25) is 0 Å². The van der Waals surface area contributed by atoms with E-state index in [4.69, 9.17) is 4.74 Å². The number of hydrogen-bond acceptors (Lipinski definition) is 4. The molecule has 0 atom stereocenters. The Morgan fingerprint density at radius 2 is 1.68 bits per heavy atom. The minimum atomic E-state index is -1.09. The third kappa shape index (κ3) is 3.42. The number of hydrogen-bond donors (Lipinski definition) is 1. The Morgan fingerprint density at radius 1 is 1.04 bits per heavy atom. The number of fused-ring (bicyclic) bond motifs is 1. The van der Waals surface area contributed by atoms with Gasteiger partial charge in [0.15, 0.2) is 11.4 Å². The third-order valence-electron chi connectivity index (χ3n) is 5.13. The predicted octanol–water partition coefficient (Wildman–Crippen LogP) is 3.08. The first kappa shape index (κ1) is 18.7. The van der Waals surface area contributed by atoms with Gasteiger partial charge in [-0.2, -0.15) is 0 Å². The van der Waals surface area contributed by atoms with Gasteiger partial charge in [-0.05, 0) is 31.5 Å². The molecule has 1 amide bonds. The van der Waals surface area contributed by atoms with Crippen molar-refractivity contribution in [2.24, 2.45) is 0 Å². The molecule has 2 aliphatic heterocycles. The van der Waals surface area contributed by atoms with Gasteiger partial charge in [0.25, 0.3) is 5.91 Å². The highest BCUT2D eigenvalue weighted by Gasteiger charge is 2.43. The summed E-state index contributed by atoms with van der Waals surface area (Å²) in [7, 11) is 0. The van der Waals surface area contributed by atoms with Crippen molar-refractivity contribution in [3.63, 3.8) is 0 Å². The second-order valence-corrected chi connectivity index (χ2v) is 7.64. The van der Waals surface area contributed by atoms with Crippen LogP contribution in [0.1, 0.15) is 19.4 Å². The van der Waals surface area contributed by atoms with E-state index in [1.54, 1.807) is 26.0 Å². The monoisotopic (exact) mass is 387 g/mol. The Morgan fingerprint density at radius 3 is 2.36 bits per heavy atom. The van der Waals surface area contributed by atoms with Crippen molar-refractivity contribution in [2.75, 3.05) is 36.0 Å². The summed E-state index contributed by atoms with van der Waals surface area (Å²) in [5, 5.41) is 3.28.